The fourth-order valence-corrected chi connectivity index (χ4v) is 3.31. The SMILES string of the molecule is Cc1nnc(NC(=O)c2c(C)nn(Cc3ccccc3Cl)c2Cl)s1. The summed E-state index contributed by atoms with van der Waals surface area (Å²) in [5.41, 5.74) is 1.72. The molecule has 9 heteroatoms. The molecular formula is C15H13Cl2N5OS. The van der Waals surface area contributed by atoms with Crippen LogP contribution >= 0.6 is 34.5 Å². The maximum Gasteiger partial charge on any atom is 0.262 e. The van der Waals surface area contributed by atoms with Gasteiger partial charge in [-0.15, -0.1) is 10.2 Å². The fraction of sp³-hybridized carbons (Fsp3) is 0.200. The molecular weight excluding hydrogens is 369 g/mol. The summed E-state index contributed by atoms with van der Waals surface area (Å²) in [5, 5.41) is 16.8. The number of carbonyl (C=O) groups excluding carboxylic acids is 1. The molecule has 3 aromatic rings. The minimum atomic E-state index is -0.362. The third kappa shape index (κ3) is 3.43. The lowest BCUT2D eigenvalue weighted by molar-refractivity contribution is 0.102. The van der Waals surface area contributed by atoms with Crippen LogP contribution in [0.2, 0.25) is 10.2 Å². The number of anilines is 1. The molecule has 0 radical (unpaired) electrons. The Morgan fingerprint density at radius 3 is 2.67 bits per heavy atom. The van der Waals surface area contributed by atoms with E-state index in [0.29, 0.717) is 28.0 Å². The molecule has 0 atom stereocenters. The van der Waals surface area contributed by atoms with Crippen LogP contribution < -0.4 is 5.32 Å². The highest BCUT2D eigenvalue weighted by Gasteiger charge is 2.21. The predicted octanol–water partition coefficient (Wildman–Crippen LogP) is 3.96. The first-order chi connectivity index (χ1) is 11.5. The number of aromatic nitrogens is 4. The molecule has 0 aliphatic carbocycles. The lowest BCUT2D eigenvalue weighted by atomic mass is 10.2. The lowest BCUT2D eigenvalue weighted by Crippen LogP contribution is -2.13. The molecule has 0 aliphatic rings. The van der Waals surface area contributed by atoms with Crippen LogP contribution in [-0.2, 0) is 6.54 Å². The highest BCUT2D eigenvalue weighted by molar-refractivity contribution is 7.15. The smallest absolute Gasteiger partial charge is 0.262 e. The number of halogens is 2. The van der Waals surface area contributed by atoms with Gasteiger partial charge in [-0.3, -0.25) is 10.1 Å². The summed E-state index contributed by atoms with van der Waals surface area (Å²) in [4.78, 5) is 12.5. The minimum absolute atomic E-state index is 0.256. The Balaban J connectivity index is 1.86. The lowest BCUT2D eigenvalue weighted by Gasteiger charge is -2.06. The first kappa shape index (κ1) is 16.9. The highest BCUT2D eigenvalue weighted by atomic mass is 35.5. The third-order valence-corrected chi connectivity index (χ3v) is 4.82. The topological polar surface area (TPSA) is 72.7 Å². The monoisotopic (exact) mass is 381 g/mol. The number of amides is 1. The van der Waals surface area contributed by atoms with Gasteiger partial charge in [0.05, 0.1) is 17.8 Å². The summed E-state index contributed by atoms with van der Waals surface area (Å²) in [5.74, 6) is -0.362. The van der Waals surface area contributed by atoms with Gasteiger partial charge in [-0.1, -0.05) is 52.7 Å². The van der Waals surface area contributed by atoms with Crippen LogP contribution in [0.4, 0.5) is 5.13 Å². The first-order valence-electron chi connectivity index (χ1n) is 7.03. The van der Waals surface area contributed by atoms with Crippen LogP contribution in [0, 0.1) is 13.8 Å². The average Bonchev–Trinajstić information content (AvgIpc) is 3.05. The second kappa shape index (κ2) is 6.88. The number of carbonyl (C=O) groups is 1. The number of hydrogen-bond donors (Lipinski definition) is 1. The molecule has 3 rings (SSSR count). The van der Waals surface area contributed by atoms with Crippen LogP contribution in [0.25, 0.3) is 0 Å². The molecule has 1 N–H and O–H groups in total. The van der Waals surface area contributed by atoms with Crippen molar-refractivity contribution in [3.8, 4) is 0 Å². The summed E-state index contributed by atoms with van der Waals surface area (Å²) in [6.07, 6.45) is 0. The van der Waals surface area contributed by atoms with Crippen molar-refractivity contribution in [1.82, 2.24) is 20.0 Å². The normalized spacial score (nSPS) is 10.8. The summed E-state index contributed by atoms with van der Waals surface area (Å²) in [6, 6.07) is 7.42. The molecule has 0 saturated carbocycles. The van der Waals surface area contributed by atoms with E-state index in [1.54, 1.807) is 17.7 Å². The Labute approximate surface area is 152 Å². The quantitative estimate of drug-likeness (QED) is 0.742. The van der Waals surface area contributed by atoms with Gasteiger partial charge >= 0.3 is 0 Å². The highest BCUT2D eigenvalue weighted by Crippen LogP contribution is 2.24. The number of nitrogens with one attached hydrogen (secondary N) is 1. The second-order valence-electron chi connectivity index (χ2n) is 5.08. The molecule has 1 amide bonds. The number of nitrogens with zero attached hydrogens (tertiary/aromatic N) is 4. The zero-order valence-corrected chi connectivity index (χ0v) is 15.2. The van der Waals surface area contributed by atoms with Gasteiger partial charge in [0.25, 0.3) is 5.91 Å². The van der Waals surface area contributed by atoms with Crippen molar-refractivity contribution in [2.24, 2.45) is 0 Å². The first-order valence-corrected chi connectivity index (χ1v) is 8.60. The van der Waals surface area contributed by atoms with Gasteiger partial charge in [0.1, 0.15) is 10.2 Å². The van der Waals surface area contributed by atoms with E-state index in [1.165, 1.54) is 11.3 Å². The van der Waals surface area contributed by atoms with E-state index >= 15 is 0 Å². The van der Waals surface area contributed by atoms with E-state index in [9.17, 15) is 4.79 Å². The van der Waals surface area contributed by atoms with Gasteiger partial charge in [-0.25, -0.2) is 4.68 Å². The number of hydrogen-bond acceptors (Lipinski definition) is 5. The minimum Gasteiger partial charge on any atom is -0.296 e. The van der Waals surface area contributed by atoms with Crippen LogP contribution in [-0.4, -0.2) is 25.9 Å². The van der Waals surface area contributed by atoms with Crippen molar-refractivity contribution in [3.63, 3.8) is 0 Å². The van der Waals surface area contributed by atoms with Crippen LogP contribution in [0.1, 0.15) is 26.6 Å². The Kier molecular flexibility index (Phi) is 4.84. The van der Waals surface area contributed by atoms with E-state index in [0.717, 1.165) is 10.6 Å². The van der Waals surface area contributed by atoms with E-state index in [4.69, 9.17) is 23.2 Å². The van der Waals surface area contributed by atoms with Crippen molar-refractivity contribution in [3.05, 3.63) is 56.3 Å². The average molecular weight is 382 g/mol. The van der Waals surface area contributed by atoms with Crippen LogP contribution in [0.3, 0.4) is 0 Å². The molecule has 6 nitrogen and oxygen atoms in total. The van der Waals surface area contributed by atoms with Gasteiger partial charge in [0, 0.05) is 5.02 Å². The molecule has 0 fully saturated rings. The maximum atomic E-state index is 12.5. The molecule has 1 aromatic carbocycles. The van der Waals surface area contributed by atoms with E-state index in [2.05, 4.69) is 20.6 Å². The molecule has 0 saturated heterocycles. The number of benzene rings is 1. The second-order valence-corrected chi connectivity index (χ2v) is 7.03. The van der Waals surface area contributed by atoms with Crippen molar-refractivity contribution < 1.29 is 4.79 Å². The van der Waals surface area contributed by atoms with Crippen LogP contribution in [0.5, 0.6) is 0 Å². The van der Waals surface area contributed by atoms with E-state index in [1.807, 2.05) is 25.1 Å². The van der Waals surface area contributed by atoms with Gasteiger partial charge in [0.15, 0.2) is 0 Å². The molecule has 124 valence electrons. The molecule has 2 heterocycles. The molecule has 24 heavy (non-hydrogen) atoms. The zero-order valence-electron chi connectivity index (χ0n) is 12.9. The molecule has 0 spiro atoms. The van der Waals surface area contributed by atoms with Gasteiger partial charge in [0.2, 0.25) is 5.13 Å². The standard InChI is InChI=1S/C15H13Cl2N5OS/c1-8-12(14(23)18-15-20-19-9(2)24-15)13(17)22(21-8)7-10-5-3-4-6-11(10)16/h3-6H,7H2,1-2H3,(H,18,20,23). The van der Waals surface area contributed by atoms with Gasteiger partial charge in [-0.05, 0) is 25.5 Å². The molecule has 0 unspecified atom stereocenters. The molecule has 0 bridgehead atoms. The fourth-order valence-electron chi connectivity index (χ4n) is 2.21. The Morgan fingerprint density at radius 1 is 1.25 bits per heavy atom. The third-order valence-electron chi connectivity index (χ3n) is 3.32. The summed E-state index contributed by atoms with van der Waals surface area (Å²) >= 11 is 13.8. The van der Waals surface area contributed by atoms with Crippen molar-refractivity contribution in [1.29, 1.82) is 0 Å². The zero-order chi connectivity index (χ0) is 17.3. The molecule has 2 aromatic heterocycles. The van der Waals surface area contributed by atoms with E-state index in [-0.39, 0.29) is 11.1 Å². The Hall–Kier alpha value is -1.96. The predicted molar refractivity (Wildman–Crippen MR) is 95.1 cm³/mol. The number of rotatable bonds is 4. The number of aryl methyl sites for hydroxylation is 2. The van der Waals surface area contributed by atoms with Crippen LogP contribution in [0.15, 0.2) is 24.3 Å². The van der Waals surface area contributed by atoms with Gasteiger partial charge < -0.3 is 0 Å². The van der Waals surface area contributed by atoms with E-state index < -0.39 is 0 Å². The Bertz CT molecular complexity index is 905. The largest absolute Gasteiger partial charge is 0.296 e. The maximum absolute atomic E-state index is 12.5. The summed E-state index contributed by atoms with van der Waals surface area (Å²) in [7, 11) is 0. The van der Waals surface area contributed by atoms with Crippen molar-refractivity contribution in [2.45, 2.75) is 20.4 Å². The summed E-state index contributed by atoms with van der Waals surface area (Å²) < 4.78 is 1.55. The summed E-state index contributed by atoms with van der Waals surface area (Å²) in [6.45, 7) is 3.92. The van der Waals surface area contributed by atoms with Crippen molar-refractivity contribution >= 4 is 45.6 Å². The Morgan fingerprint density at radius 2 is 2.00 bits per heavy atom. The van der Waals surface area contributed by atoms with Crippen molar-refractivity contribution in [2.75, 3.05) is 5.32 Å². The van der Waals surface area contributed by atoms with Gasteiger partial charge in [-0.2, -0.15) is 5.10 Å². The molecule has 0 aliphatic heterocycles.